The van der Waals surface area contributed by atoms with Gasteiger partial charge >= 0.3 is 9.23 Å². The molecule has 6 heteroatoms. The molecule has 0 radical (unpaired) electrons. The highest BCUT2D eigenvalue weighted by molar-refractivity contribution is 6.51. The molecule has 10 heavy (non-hydrogen) atoms. The zero-order valence-corrected chi connectivity index (χ0v) is 6.40. The Morgan fingerprint density at radius 1 is 1.10 bits per heavy atom. The Labute approximate surface area is 58.9 Å². The maximum absolute atomic E-state index is 12.3. The van der Waals surface area contributed by atoms with Gasteiger partial charge in [0.2, 0.25) is 0 Å². The Balaban J connectivity index is 2.30. The van der Waals surface area contributed by atoms with Crippen molar-refractivity contribution in [3.8, 4) is 0 Å². The van der Waals surface area contributed by atoms with Gasteiger partial charge in [-0.1, -0.05) is 0 Å². The van der Waals surface area contributed by atoms with Crippen LogP contribution < -0.4 is 5.32 Å². The van der Waals surface area contributed by atoms with Crippen LogP contribution in [0, 0.1) is 0 Å². The van der Waals surface area contributed by atoms with Gasteiger partial charge in [0.05, 0.1) is 13.2 Å². The lowest BCUT2D eigenvalue weighted by Crippen LogP contribution is -2.40. The first-order chi connectivity index (χ1) is 4.71. The molecule has 0 atom stereocenters. The van der Waals surface area contributed by atoms with Gasteiger partial charge in [0.1, 0.15) is 0 Å². The average molecular weight is 169 g/mol. The van der Waals surface area contributed by atoms with Crippen molar-refractivity contribution in [3.05, 3.63) is 0 Å². The van der Waals surface area contributed by atoms with Gasteiger partial charge in [-0.05, 0) is 0 Å². The van der Waals surface area contributed by atoms with Crippen molar-refractivity contribution in [2.75, 3.05) is 26.3 Å². The summed E-state index contributed by atoms with van der Waals surface area (Å²) in [5.74, 6) is 0. The lowest BCUT2D eigenvalue weighted by Gasteiger charge is -2.16. The molecular formula is C4H9F2NO2Si. The minimum Gasteiger partial charge on any atom is -0.344 e. The zero-order valence-electron chi connectivity index (χ0n) is 5.40. The van der Waals surface area contributed by atoms with Crippen LogP contribution in [0.4, 0.5) is 8.22 Å². The van der Waals surface area contributed by atoms with Crippen molar-refractivity contribution in [2.45, 2.75) is 0 Å². The zero-order chi connectivity index (χ0) is 7.45. The number of rotatable bonds is 0. The molecule has 60 valence electrons. The van der Waals surface area contributed by atoms with Crippen LogP contribution in [0.1, 0.15) is 0 Å². The van der Waals surface area contributed by atoms with E-state index in [0.29, 0.717) is 13.1 Å². The largest absolute Gasteiger partial charge is 0.761 e. The van der Waals surface area contributed by atoms with Crippen LogP contribution in [0.5, 0.6) is 0 Å². The maximum atomic E-state index is 12.3. The molecule has 0 spiro atoms. The van der Waals surface area contributed by atoms with Gasteiger partial charge in [0.15, 0.2) is 0 Å². The summed E-state index contributed by atoms with van der Waals surface area (Å²) in [7, 11) is -4.71. The molecule has 1 fully saturated rings. The van der Waals surface area contributed by atoms with E-state index >= 15 is 0 Å². The smallest absolute Gasteiger partial charge is 0.344 e. The van der Waals surface area contributed by atoms with Gasteiger partial charge in [-0.25, -0.2) is 8.22 Å². The van der Waals surface area contributed by atoms with Crippen LogP contribution in [-0.2, 0) is 8.85 Å². The highest BCUT2D eigenvalue weighted by Gasteiger charge is 2.43. The summed E-state index contributed by atoms with van der Waals surface area (Å²) in [5.41, 5.74) is 0. The highest BCUT2D eigenvalue weighted by Crippen LogP contribution is 2.10. The first kappa shape index (κ1) is 8.06. The van der Waals surface area contributed by atoms with E-state index in [9.17, 15) is 8.22 Å². The second kappa shape index (κ2) is 3.38. The third kappa shape index (κ3) is 2.69. The third-order valence-electron chi connectivity index (χ3n) is 1.10. The summed E-state index contributed by atoms with van der Waals surface area (Å²) < 4.78 is 33.0. The van der Waals surface area contributed by atoms with Crippen LogP contribution in [0.3, 0.4) is 0 Å². The molecule has 0 saturated carbocycles. The Morgan fingerprint density at radius 3 is 2.10 bits per heavy atom. The SMILES string of the molecule is F[Si]1(F)OCCNCCO1. The average Bonchev–Trinajstić information content (AvgIpc) is 1.81. The van der Waals surface area contributed by atoms with Crippen LogP contribution in [-0.4, -0.2) is 35.5 Å². The predicted molar refractivity (Wildman–Crippen MR) is 32.7 cm³/mol. The fraction of sp³-hybridized carbons (Fsp3) is 1.00. The summed E-state index contributed by atoms with van der Waals surface area (Å²) >= 11 is 0. The van der Waals surface area contributed by atoms with Gasteiger partial charge < -0.3 is 14.2 Å². The molecule has 3 nitrogen and oxygen atoms in total. The second-order valence-corrected chi connectivity index (χ2v) is 3.41. The molecule has 1 aliphatic rings. The number of nitrogens with one attached hydrogen (secondary N) is 1. The Bertz CT molecular complexity index is 103. The quantitative estimate of drug-likeness (QED) is 0.409. The standard InChI is InChI=1S/C4H9F2NO2Si/c5-10(6)8-3-1-7-2-4-9-10/h7H,1-4H2. The fourth-order valence-corrected chi connectivity index (χ4v) is 1.41. The number of halogens is 2. The van der Waals surface area contributed by atoms with E-state index < -0.39 is 9.23 Å². The summed E-state index contributed by atoms with van der Waals surface area (Å²) in [6.45, 7) is 1.04. The van der Waals surface area contributed by atoms with Crippen LogP contribution in [0.2, 0.25) is 0 Å². The van der Waals surface area contributed by atoms with E-state index in [1.54, 1.807) is 0 Å². The first-order valence-corrected chi connectivity index (χ1v) is 4.64. The van der Waals surface area contributed by atoms with Crippen molar-refractivity contribution < 1.29 is 17.1 Å². The summed E-state index contributed by atoms with van der Waals surface area (Å²) in [6, 6.07) is 0. The highest BCUT2D eigenvalue weighted by atomic mass is 28.5. The molecule has 0 aromatic heterocycles. The molecule has 0 aromatic carbocycles. The molecule has 1 saturated heterocycles. The van der Waals surface area contributed by atoms with Crippen molar-refractivity contribution in [3.63, 3.8) is 0 Å². The van der Waals surface area contributed by atoms with Crippen molar-refractivity contribution in [2.24, 2.45) is 0 Å². The second-order valence-electron chi connectivity index (χ2n) is 1.91. The Kier molecular flexibility index (Phi) is 2.72. The molecule has 0 amide bonds. The van der Waals surface area contributed by atoms with E-state index in [-0.39, 0.29) is 13.2 Å². The van der Waals surface area contributed by atoms with Gasteiger partial charge in [0, 0.05) is 13.1 Å². The summed E-state index contributed by atoms with van der Waals surface area (Å²) in [4.78, 5) is 0. The predicted octanol–water partition coefficient (Wildman–Crippen LogP) is -0.00260. The molecule has 1 aliphatic heterocycles. The van der Waals surface area contributed by atoms with Crippen LogP contribution >= 0.6 is 0 Å². The summed E-state index contributed by atoms with van der Waals surface area (Å²) in [5, 5.41) is 2.86. The lowest BCUT2D eigenvalue weighted by atomic mass is 10.6. The molecule has 1 heterocycles. The monoisotopic (exact) mass is 169 g/mol. The molecule has 0 aromatic rings. The Hall–Kier alpha value is -0.0431. The van der Waals surface area contributed by atoms with E-state index in [2.05, 4.69) is 14.2 Å². The van der Waals surface area contributed by atoms with Gasteiger partial charge in [-0.2, -0.15) is 0 Å². The number of hydrogen-bond donors (Lipinski definition) is 1. The van der Waals surface area contributed by atoms with E-state index in [1.165, 1.54) is 0 Å². The summed E-state index contributed by atoms with van der Waals surface area (Å²) in [6.07, 6.45) is 0. The minimum atomic E-state index is -4.71. The molecule has 1 rings (SSSR count). The van der Waals surface area contributed by atoms with Crippen LogP contribution in [0.15, 0.2) is 0 Å². The fourth-order valence-electron chi connectivity index (χ4n) is 0.651. The normalized spacial score (nSPS) is 27.0. The maximum Gasteiger partial charge on any atom is 0.761 e. The van der Waals surface area contributed by atoms with Crippen LogP contribution in [0.25, 0.3) is 0 Å². The van der Waals surface area contributed by atoms with Crippen molar-refractivity contribution in [1.82, 2.24) is 5.32 Å². The number of hydrogen-bond acceptors (Lipinski definition) is 3. The van der Waals surface area contributed by atoms with E-state index in [1.807, 2.05) is 0 Å². The molecular weight excluding hydrogens is 160 g/mol. The molecule has 0 unspecified atom stereocenters. The van der Waals surface area contributed by atoms with Gasteiger partial charge in [0.25, 0.3) is 0 Å². The Morgan fingerprint density at radius 2 is 1.60 bits per heavy atom. The molecule has 0 bridgehead atoms. The molecule has 0 aliphatic carbocycles. The van der Waals surface area contributed by atoms with Crippen molar-refractivity contribution in [1.29, 1.82) is 0 Å². The topological polar surface area (TPSA) is 30.5 Å². The first-order valence-electron chi connectivity index (χ1n) is 3.07. The lowest BCUT2D eigenvalue weighted by molar-refractivity contribution is 0.0761. The van der Waals surface area contributed by atoms with Crippen molar-refractivity contribution >= 4 is 9.23 Å². The molecule has 1 N–H and O–H groups in total. The third-order valence-corrected chi connectivity index (χ3v) is 2.18. The van der Waals surface area contributed by atoms with Gasteiger partial charge in [-0.3, -0.25) is 0 Å². The van der Waals surface area contributed by atoms with E-state index in [0.717, 1.165) is 0 Å². The minimum absolute atomic E-state index is 0.0409. The van der Waals surface area contributed by atoms with Gasteiger partial charge in [-0.15, -0.1) is 0 Å². The van der Waals surface area contributed by atoms with E-state index in [4.69, 9.17) is 0 Å².